The van der Waals surface area contributed by atoms with Crippen LogP contribution in [0.25, 0.3) is 0 Å². The Hall–Kier alpha value is -1.35. The molecule has 1 amide bonds. The number of amides is 1. The minimum atomic E-state index is -4.98. The molecule has 4 N–H and O–H groups in total. The first-order valence-corrected chi connectivity index (χ1v) is 4.42. The Kier molecular flexibility index (Phi) is 4.90. The standard InChI is InChI=1S/C8H13F3N2O4/c1-7(12,8(9,10)11)6(16)13-4(3-17-2)5(14)15/h4H,3,12H2,1-2H3,(H,13,16)(H,14,15). The third-order valence-corrected chi connectivity index (χ3v) is 2.00. The van der Waals surface area contributed by atoms with Gasteiger partial charge in [0.25, 0.3) is 0 Å². The summed E-state index contributed by atoms with van der Waals surface area (Å²) in [7, 11) is 1.15. The number of ether oxygens (including phenoxy) is 1. The number of rotatable bonds is 5. The van der Waals surface area contributed by atoms with E-state index < -0.39 is 36.2 Å². The second-order valence-electron chi connectivity index (χ2n) is 3.52. The van der Waals surface area contributed by atoms with Crippen molar-refractivity contribution < 1.29 is 32.6 Å². The number of nitrogens with one attached hydrogen (secondary N) is 1. The maximum Gasteiger partial charge on any atom is 0.415 e. The van der Waals surface area contributed by atoms with E-state index in [-0.39, 0.29) is 0 Å². The first kappa shape index (κ1) is 15.7. The van der Waals surface area contributed by atoms with Crippen LogP contribution in [0.3, 0.4) is 0 Å². The molecule has 2 unspecified atom stereocenters. The summed E-state index contributed by atoms with van der Waals surface area (Å²) in [5, 5.41) is 10.3. The molecule has 0 rings (SSSR count). The van der Waals surface area contributed by atoms with Gasteiger partial charge < -0.3 is 20.9 Å². The molecule has 6 nitrogen and oxygen atoms in total. The summed E-state index contributed by atoms with van der Waals surface area (Å²) < 4.78 is 41.5. The van der Waals surface area contributed by atoms with Gasteiger partial charge in [-0.25, -0.2) is 4.79 Å². The number of methoxy groups -OCH3 is 1. The van der Waals surface area contributed by atoms with E-state index in [0.717, 1.165) is 7.11 Å². The van der Waals surface area contributed by atoms with Crippen LogP contribution in [0, 0.1) is 0 Å². The van der Waals surface area contributed by atoms with Crippen molar-refractivity contribution in [3.63, 3.8) is 0 Å². The van der Waals surface area contributed by atoms with Gasteiger partial charge in [0.15, 0.2) is 11.6 Å². The molecule has 0 saturated carbocycles. The van der Waals surface area contributed by atoms with Crippen LogP contribution >= 0.6 is 0 Å². The van der Waals surface area contributed by atoms with E-state index in [1.165, 1.54) is 0 Å². The summed E-state index contributed by atoms with van der Waals surface area (Å²) in [4.78, 5) is 21.8. The van der Waals surface area contributed by atoms with Crippen molar-refractivity contribution in [2.45, 2.75) is 24.7 Å². The van der Waals surface area contributed by atoms with Crippen LogP contribution in [0.15, 0.2) is 0 Å². The molecular weight excluding hydrogens is 245 g/mol. The van der Waals surface area contributed by atoms with Gasteiger partial charge in [0.2, 0.25) is 5.91 Å². The highest BCUT2D eigenvalue weighted by atomic mass is 19.4. The molecule has 0 aromatic heterocycles. The van der Waals surface area contributed by atoms with Gasteiger partial charge in [0, 0.05) is 7.11 Å². The van der Waals surface area contributed by atoms with Gasteiger partial charge in [-0.15, -0.1) is 0 Å². The van der Waals surface area contributed by atoms with Crippen molar-refractivity contribution in [1.82, 2.24) is 5.32 Å². The van der Waals surface area contributed by atoms with E-state index in [9.17, 15) is 22.8 Å². The molecule has 0 aliphatic heterocycles. The van der Waals surface area contributed by atoms with Crippen molar-refractivity contribution in [2.75, 3.05) is 13.7 Å². The molecule has 0 bridgehead atoms. The van der Waals surface area contributed by atoms with Crippen LogP contribution in [0.5, 0.6) is 0 Å². The molecule has 0 aromatic carbocycles. The predicted octanol–water partition coefficient (Wildman–Crippen LogP) is -0.518. The molecule has 0 heterocycles. The highest BCUT2D eigenvalue weighted by Gasteiger charge is 2.54. The zero-order valence-electron chi connectivity index (χ0n) is 9.17. The number of aliphatic carboxylic acids is 1. The lowest BCUT2D eigenvalue weighted by atomic mass is 10.0. The summed E-state index contributed by atoms with van der Waals surface area (Å²) in [5.41, 5.74) is 1.65. The topological polar surface area (TPSA) is 102 Å². The summed E-state index contributed by atoms with van der Waals surface area (Å²) in [5.74, 6) is -3.15. The quantitative estimate of drug-likeness (QED) is 0.616. The lowest BCUT2D eigenvalue weighted by Crippen LogP contribution is -2.63. The number of halogens is 3. The smallest absolute Gasteiger partial charge is 0.415 e. The number of carboxylic acids is 1. The SMILES string of the molecule is COCC(NC(=O)C(C)(N)C(F)(F)F)C(=O)O. The van der Waals surface area contributed by atoms with Gasteiger partial charge in [0.05, 0.1) is 6.61 Å². The molecule has 0 aliphatic carbocycles. The molecule has 100 valence electrons. The van der Waals surface area contributed by atoms with Crippen LogP contribution in [0.1, 0.15) is 6.92 Å². The molecule has 17 heavy (non-hydrogen) atoms. The van der Waals surface area contributed by atoms with E-state index in [2.05, 4.69) is 4.74 Å². The van der Waals surface area contributed by atoms with Gasteiger partial charge in [-0.1, -0.05) is 0 Å². The fourth-order valence-electron chi connectivity index (χ4n) is 0.778. The van der Waals surface area contributed by atoms with Gasteiger partial charge in [-0.05, 0) is 6.92 Å². The zero-order valence-corrected chi connectivity index (χ0v) is 9.17. The van der Waals surface area contributed by atoms with Gasteiger partial charge in [-0.3, -0.25) is 4.79 Å². The average molecular weight is 258 g/mol. The molecule has 0 spiro atoms. The molecule has 0 fully saturated rings. The monoisotopic (exact) mass is 258 g/mol. The maximum absolute atomic E-state index is 12.4. The first-order valence-electron chi connectivity index (χ1n) is 4.42. The Morgan fingerprint density at radius 1 is 1.47 bits per heavy atom. The number of alkyl halides is 3. The lowest BCUT2D eigenvalue weighted by Gasteiger charge is -2.27. The molecule has 0 aliphatic rings. The third kappa shape index (κ3) is 3.86. The Morgan fingerprint density at radius 2 is 1.94 bits per heavy atom. The van der Waals surface area contributed by atoms with Crippen molar-refractivity contribution in [3.05, 3.63) is 0 Å². The fraction of sp³-hybridized carbons (Fsp3) is 0.750. The highest BCUT2D eigenvalue weighted by molar-refractivity contribution is 5.90. The summed E-state index contributed by atoms with van der Waals surface area (Å²) in [6, 6.07) is -1.59. The zero-order chi connectivity index (χ0) is 13.9. The molecular formula is C8H13F3N2O4. The van der Waals surface area contributed by atoms with E-state index >= 15 is 0 Å². The van der Waals surface area contributed by atoms with E-state index in [1.54, 1.807) is 5.32 Å². The largest absolute Gasteiger partial charge is 0.480 e. The van der Waals surface area contributed by atoms with E-state index in [4.69, 9.17) is 10.8 Å². The number of nitrogens with two attached hydrogens (primary N) is 1. The number of hydrogen-bond acceptors (Lipinski definition) is 4. The van der Waals surface area contributed by atoms with Crippen molar-refractivity contribution in [3.8, 4) is 0 Å². The van der Waals surface area contributed by atoms with Crippen LogP contribution in [-0.2, 0) is 14.3 Å². The molecule has 0 radical (unpaired) electrons. The van der Waals surface area contributed by atoms with Gasteiger partial charge in [0.1, 0.15) is 0 Å². The van der Waals surface area contributed by atoms with Crippen LogP contribution < -0.4 is 11.1 Å². The summed E-state index contributed by atoms with van der Waals surface area (Å²) >= 11 is 0. The summed E-state index contributed by atoms with van der Waals surface area (Å²) in [6.45, 7) is -0.0109. The van der Waals surface area contributed by atoms with Crippen LogP contribution in [0.2, 0.25) is 0 Å². The molecule has 0 aromatic rings. The summed E-state index contributed by atoms with van der Waals surface area (Å²) in [6.07, 6.45) is -4.98. The third-order valence-electron chi connectivity index (χ3n) is 2.00. The lowest BCUT2D eigenvalue weighted by molar-refractivity contribution is -0.188. The van der Waals surface area contributed by atoms with Crippen LogP contribution in [0.4, 0.5) is 13.2 Å². The second kappa shape index (κ2) is 5.32. The molecule has 0 saturated heterocycles. The van der Waals surface area contributed by atoms with E-state index in [1.807, 2.05) is 0 Å². The molecule has 2 atom stereocenters. The first-order chi connectivity index (χ1) is 7.54. The van der Waals surface area contributed by atoms with Crippen molar-refractivity contribution in [1.29, 1.82) is 0 Å². The second-order valence-corrected chi connectivity index (χ2v) is 3.52. The normalized spacial score (nSPS) is 17.1. The van der Waals surface area contributed by atoms with Gasteiger partial charge >= 0.3 is 12.1 Å². The number of carbonyl (C=O) groups excluding carboxylic acids is 1. The average Bonchev–Trinajstić information content (AvgIpc) is 2.14. The number of hydrogen-bond donors (Lipinski definition) is 3. The fourth-order valence-corrected chi connectivity index (χ4v) is 0.778. The maximum atomic E-state index is 12.4. The Balaban J connectivity index is 4.78. The van der Waals surface area contributed by atoms with Gasteiger partial charge in [-0.2, -0.15) is 13.2 Å². The number of carbonyl (C=O) groups is 2. The Bertz CT molecular complexity index is 304. The minimum absolute atomic E-state index is 0.452. The van der Waals surface area contributed by atoms with E-state index in [0.29, 0.717) is 6.92 Å². The highest BCUT2D eigenvalue weighted by Crippen LogP contribution is 2.27. The predicted molar refractivity (Wildman–Crippen MR) is 50.1 cm³/mol. The van der Waals surface area contributed by atoms with Crippen molar-refractivity contribution >= 4 is 11.9 Å². The van der Waals surface area contributed by atoms with Crippen molar-refractivity contribution in [2.24, 2.45) is 5.73 Å². The minimum Gasteiger partial charge on any atom is -0.480 e. The molecule has 9 heteroatoms. The van der Waals surface area contributed by atoms with Crippen LogP contribution in [-0.4, -0.2) is 48.5 Å². The Labute approximate surface area is 94.9 Å². The number of carboxylic acid groups (broad SMARTS) is 1. The Morgan fingerprint density at radius 3 is 2.24 bits per heavy atom.